The Labute approximate surface area is 141 Å². The summed E-state index contributed by atoms with van der Waals surface area (Å²) in [4.78, 5) is 14.2. The Morgan fingerprint density at radius 1 is 1.17 bits per heavy atom. The first-order valence-electron chi connectivity index (χ1n) is 8.11. The van der Waals surface area contributed by atoms with Gasteiger partial charge in [-0.15, -0.1) is 5.10 Å². The fourth-order valence-corrected chi connectivity index (χ4v) is 2.88. The molecule has 24 heavy (non-hydrogen) atoms. The fourth-order valence-electron chi connectivity index (χ4n) is 2.88. The molecule has 1 aliphatic heterocycles. The molecule has 2 aromatic rings. The summed E-state index contributed by atoms with van der Waals surface area (Å²) in [6.07, 6.45) is 0.738. The third kappa shape index (κ3) is 4.01. The highest BCUT2D eigenvalue weighted by atomic mass is 16.5. The molecule has 2 amide bonds. The number of amides is 2. The summed E-state index contributed by atoms with van der Waals surface area (Å²) >= 11 is 0. The Hall–Kier alpha value is -2.63. The smallest absolute Gasteiger partial charge is 0.321 e. The largest absolute Gasteiger partial charge is 0.471 e. The number of hydrogen-bond donors (Lipinski definition) is 1. The molecular formula is C18H22N4O2. The quantitative estimate of drug-likeness (QED) is 0.941. The van der Waals surface area contributed by atoms with Gasteiger partial charge in [-0.05, 0) is 50.1 Å². The Kier molecular flexibility index (Phi) is 4.64. The average molecular weight is 326 g/mol. The molecule has 3 rings (SSSR count). The van der Waals surface area contributed by atoms with Crippen LogP contribution in [-0.4, -0.2) is 40.3 Å². The summed E-state index contributed by atoms with van der Waals surface area (Å²) in [5, 5.41) is 10.9. The van der Waals surface area contributed by atoms with Crippen LogP contribution >= 0.6 is 0 Å². The van der Waals surface area contributed by atoms with Gasteiger partial charge in [0.1, 0.15) is 6.10 Å². The van der Waals surface area contributed by atoms with Crippen LogP contribution in [0.5, 0.6) is 5.88 Å². The molecule has 1 fully saturated rings. The second-order valence-electron chi connectivity index (χ2n) is 6.29. The Morgan fingerprint density at radius 2 is 1.92 bits per heavy atom. The van der Waals surface area contributed by atoms with Gasteiger partial charge in [0.2, 0.25) is 5.88 Å². The summed E-state index contributed by atoms with van der Waals surface area (Å²) in [7, 11) is 0. The van der Waals surface area contributed by atoms with E-state index in [1.165, 1.54) is 0 Å². The summed E-state index contributed by atoms with van der Waals surface area (Å²) < 4.78 is 5.80. The van der Waals surface area contributed by atoms with Crippen LogP contribution in [0.15, 0.2) is 30.3 Å². The molecule has 1 unspecified atom stereocenters. The molecule has 1 aliphatic rings. The number of anilines is 1. The van der Waals surface area contributed by atoms with E-state index in [1.807, 2.05) is 39.0 Å². The normalized spacial score (nSPS) is 17.0. The van der Waals surface area contributed by atoms with E-state index < -0.39 is 0 Å². The standard InChI is InChI=1S/C18H22N4O2/c1-12-8-13(2)10-15(9-12)19-18(23)22-7-6-16(11-22)24-17-5-4-14(3)20-21-17/h4-5,8-10,16H,6-7,11H2,1-3H3,(H,19,23). The molecule has 1 N–H and O–H groups in total. The molecule has 0 saturated carbocycles. The van der Waals surface area contributed by atoms with Gasteiger partial charge < -0.3 is 15.0 Å². The summed E-state index contributed by atoms with van der Waals surface area (Å²) in [5.41, 5.74) is 3.94. The van der Waals surface area contributed by atoms with Gasteiger partial charge in [0.15, 0.2) is 0 Å². The minimum absolute atomic E-state index is 0.0491. The average Bonchev–Trinajstić information content (AvgIpc) is 2.97. The van der Waals surface area contributed by atoms with E-state index in [1.54, 1.807) is 11.0 Å². The number of urea groups is 1. The number of ether oxygens (including phenoxy) is 1. The van der Waals surface area contributed by atoms with Crippen LogP contribution in [0, 0.1) is 20.8 Å². The Bertz CT molecular complexity index is 710. The number of carbonyl (C=O) groups is 1. The van der Waals surface area contributed by atoms with E-state index in [0.29, 0.717) is 19.0 Å². The lowest BCUT2D eigenvalue weighted by Gasteiger charge is -2.18. The van der Waals surface area contributed by atoms with Gasteiger partial charge in [-0.2, -0.15) is 5.10 Å². The van der Waals surface area contributed by atoms with Crippen LogP contribution in [0.2, 0.25) is 0 Å². The van der Waals surface area contributed by atoms with Crippen molar-refractivity contribution in [2.45, 2.75) is 33.3 Å². The first-order valence-corrected chi connectivity index (χ1v) is 8.11. The molecule has 1 atom stereocenters. The lowest BCUT2D eigenvalue weighted by atomic mass is 10.1. The predicted molar refractivity (Wildman–Crippen MR) is 92.3 cm³/mol. The fraction of sp³-hybridized carbons (Fsp3) is 0.389. The summed E-state index contributed by atoms with van der Waals surface area (Å²) in [5.74, 6) is 0.502. The Morgan fingerprint density at radius 3 is 2.58 bits per heavy atom. The zero-order chi connectivity index (χ0) is 17.1. The van der Waals surface area contributed by atoms with Gasteiger partial charge in [-0.3, -0.25) is 0 Å². The second kappa shape index (κ2) is 6.86. The summed E-state index contributed by atoms with van der Waals surface area (Å²) in [6, 6.07) is 9.59. The molecule has 0 bridgehead atoms. The molecule has 6 nitrogen and oxygen atoms in total. The van der Waals surface area contributed by atoms with Crippen molar-refractivity contribution in [1.29, 1.82) is 0 Å². The van der Waals surface area contributed by atoms with Crippen LogP contribution in [0.4, 0.5) is 10.5 Å². The van der Waals surface area contributed by atoms with Gasteiger partial charge in [0, 0.05) is 24.7 Å². The van der Waals surface area contributed by atoms with E-state index in [9.17, 15) is 4.79 Å². The monoisotopic (exact) mass is 326 g/mol. The van der Waals surface area contributed by atoms with Gasteiger partial charge in [0.25, 0.3) is 0 Å². The highest BCUT2D eigenvalue weighted by molar-refractivity contribution is 5.89. The van der Waals surface area contributed by atoms with Crippen LogP contribution in [0.25, 0.3) is 0 Å². The van der Waals surface area contributed by atoms with Crippen LogP contribution < -0.4 is 10.1 Å². The molecule has 2 heterocycles. The number of carbonyl (C=O) groups excluding carboxylic acids is 1. The zero-order valence-electron chi connectivity index (χ0n) is 14.2. The number of nitrogens with one attached hydrogen (secondary N) is 1. The molecule has 0 spiro atoms. The number of nitrogens with zero attached hydrogens (tertiary/aromatic N) is 3. The van der Waals surface area contributed by atoms with Crippen molar-refractivity contribution in [3.05, 3.63) is 47.2 Å². The first kappa shape index (κ1) is 16.2. The number of aromatic nitrogens is 2. The van der Waals surface area contributed by atoms with E-state index in [4.69, 9.17) is 4.74 Å². The van der Waals surface area contributed by atoms with Gasteiger partial charge in [-0.1, -0.05) is 6.07 Å². The molecule has 126 valence electrons. The van der Waals surface area contributed by atoms with E-state index >= 15 is 0 Å². The van der Waals surface area contributed by atoms with Crippen molar-refractivity contribution >= 4 is 11.7 Å². The van der Waals surface area contributed by atoms with E-state index in [2.05, 4.69) is 21.6 Å². The minimum atomic E-state index is -0.0962. The van der Waals surface area contributed by atoms with Crippen molar-refractivity contribution in [1.82, 2.24) is 15.1 Å². The van der Waals surface area contributed by atoms with Crippen LogP contribution in [0.3, 0.4) is 0 Å². The second-order valence-corrected chi connectivity index (χ2v) is 6.29. The lowest BCUT2D eigenvalue weighted by molar-refractivity contribution is 0.188. The highest BCUT2D eigenvalue weighted by Gasteiger charge is 2.28. The third-order valence-electron chi connectivity index (χ3n) is 3.97. The third-order valence-corrected chi connectivity index (χ3v) is 3.97. The molecule has 1 saturated heterocycles. The highest BCUT2D eigenvalue weighted by Crippen LogP contribution is 2.19. The SMILES string of the molecule is Cc1cc(C)cc(NC(=O)N2CCC(Oc3ccc(C)nn3)C2)c1. The van der Waals surface area contributed by atoms with E-state index in [-0.39, 0.29) is 12.1 Å². The van der Waals surface area contributed by atoms with Gasteiger partial charge in [-0.25, -0.2) is 4.79 Å². The Balaban J connectivity index is 1.56. The molecule has 0 radical (unpaired) electrons. The molecule has 0 aliphatic carbocycles. The van der Waals surface area contributed by atoms with Crippen molar-refractivity contribution < 1.29 is 9.53 Å². The number of rotatable bonds is 3. The molecule has 1 aromatic heterocycles. The van der Waals surface area contributed by atoms with Crippen molar-refractivity contribution in [2.75, 3.05) is 18.4 Å². The summed E-state index contributed by atoms with van der Waals surface area (Å²) in [6.45, 7) is 7.13. The minimum Gasteiger partial charge on any atom is -0.471 e. The number of hydrogen-bond acceptors (Lipinski definition) is 4. The number of aryl methyl sites for hydroxylation is 3. The van der Waals surface area contributed by atoms with Crippen LogP contribution in [0.1, 0.15) is 23.2 Å². The first-order chi connectivity index (χ1) is 11.5. The zero-order valence-corrected chi connectivity index (χ0v) is 14.2. The molecule has 6 heteroatoms. The maximum absolute atomic E-state index is 12.4. The van der Waals surface area contributed by atoms with Crippen molar-refractivity contribution in [2.24, 2.45) is 0 Å². The van der Waals surface area contributed by atoms with Crippen LogP contribution in [-0.2, 0) is 0 Å². The maximum Gasteiger partial charge on any atom is 0.321 e. The number of likely N-dealkylation sites (tertiary alicyclic amines) is 1. The molecule has 1 aromatic carbocycles. The predicted octanol–water partition coefficient (Wildman–Crippen LogP) is 3.09. The maximum atomic E-state index is 12.4. The molecular weight excluding hydrogens is 304 g/mol. The van der Waals surface area contributed by atoms with Crippen molar-refractivity contribution in [3.8, 4) is 5.88 Å². The topological polar surface area (TPSA) is 67.4 Å². The van der Waals surface area contributed by atoms with E-state index in [0.717, 1.165) is 28.9 Å². The lowest BCUT2D eigenvalue weighted by Crippen LogP contribution is -2.34. The van der Waals surface area contributed by atoms with Gasteiger partial charge >= 0.3 is 6.03 Å². The van der Waals surface area contributed by atoms with Gasteiger partial charge in [0.05, 0.1) is 12.2 Å². The number of benzene rings is 1. The van der Waals surface area contributed by atoms with Crippen molar-refractivity contribution in [3.63, 3.8) is 0 Å².